The van der Waals surface area contributed by atoms with Gasteiger partial charge in [-0.3, -0.25) is 9.59 Å². The Morgan fingerprint density at radius 3 is 2.36 bits per heavy atom. The van der Waals surface area contributed by atoms with Crippen LogP contribution in [0.25, 0.3) is 0 Å². The number of ether oxygens (including phenoxy) is 2. The molecule has 3 N–H and O–H groups in total. The molecular weight excluding hydrogens is 188 g/mol. The third-order valence-corrected chi connectivity index (χ3v) is 1.60. The van der Waals surface area contributed by atoms with Gasteiger partial charge >= 0.3 is 0 Å². The topological polar surface area (TPSA) is 90.7 Å². The van der Waals surface area contributed by atoms with Gasteiger partial charge in [-0.25, -0.2) is 0 Å². The summed E-state index contributed by atoms with van der Waals surface area (Å²) in [6.45, 7) is 0. The molecule has 1 aliphatic heterocycles. The third-order valence-electron chi connectivity index (χ3n) is 1.60. The van der Waals surface area contributed by atoms with E-state index in [2.05, 4.69) is 5.32 Å². The van der Waals surface area contributed by atoms with Crippen molar-refractivity contribution in [2.75, 3.05) is 14.2 Å². The summed E-state index contributed by atoms with van der Waals surface area (Å²) in [6, 6.07) is 0. The molecule has 0 saturated heterocycles. The highest BCUT2D eigenvalue weighted by Crippen LogP contribution is 2.21. The van der Waals surface area contributed by atoms with Crippen LogP contribution in [0.4, 0.5) is 0 Å². The number of nitrogens with two attached hydrogens (primary N) is 1. The molecule has 2 amide bonds. The first-order valence-electron chi connectivity index (χ1n) is 3.75. The molecule has 14 heavy (non-hydrogen) atoms. The monoisotopic (exact) mass is 198 g/mol. The molecule has 0 aromatic heterocycles. The van der Waals surface area contributed by atoms with Gasteiger partial charge in [0.15, 0.2) is 5.76 Å². The number of methoxy groups -OCH3 is 2. The van der Waals surface area contributed by atoms with Gasteiger partial charge in [-0.1, -0.05) is 0 Å². The summed E-state index contributed by atoms with van der Waals surface area (Å²) in [7, 11) is 2.70. The Morgan fingerprint density at radius 2 is 1.93 bits per heavy atom. The van der Waals surface area contributed by atoms with E-state index < -0.39 is 11.8 Å². The van der Waals surface area contributed by atoms with Crippen LogP contribution in [-0.4, -0.2) is 26.0 Å². The standard InChI is InChI=1S/C8H10N2O4/c1-13-6-4(3-5(9)11)10-8(12)7(6)14-2/h3H,1-2H3,(H2,9,11)(H,10,12)/b4-3-. The summed E-state index contributed by atoms with van der Waals surface area (Å²) >= 11 is 0. The van der Waals surface area contributed by atoms with E-state index in [-0.39, 0.29) is 17.2 Å². The lowest BCUT2D eigenvalue weighted by Crippen LogP contribution is -2.19. The molecule has 0 spiro atoms. The number of amides is 2. The van der Waals surface area contributed by atoms with Crippen LogP contribution in [0.2, 0.25) is 0 Å². The Labute approximate surface area is 80.3 Å². The molecule has 76 valence electrons. The zero-order valence-electron chi connectivity index (χ0n) is 7.79. The van der Waals surface area contributed by atoms with E-state index >= 15 is 0 Å². The molecule has 6 nitrogen and oxygen atoms in total. The van der Waals surface area contributed by atoms with Gasteiger partial charge in [0.05, 0.1) is 19.9 Å². The van der Waals surface area contributed by atoms with Gasteiger partial charge in [-0.2, -0.15) is 0 Å². The van der Waals surface area contributed by atoms with E-state index in [9.17, 15) is 9.59 Å². The quantitative estimate of drug-likeness (QED) is 0.568. The van der Waals surface area contributed by atoms with E-state index in [4.69, 9.17) is 15.2 Å². The molecule has 0 aliphatic carbocycles. The van der Waals surface area contributed by atoms with Crippen molar-refractivity contribution >= 4 is 11.8 Å². The largest absolute Gasteiger partial charge is 0.491 e. The molecule has 0 atom stereocenters. The summed E-state index contributed by atoms with van der Waals surface area (Å²) in [5.74, 6) is -0.930. The number of hydrogen-bond acceptors (Lipinski definition) is 4. The van der Waals surface area contributed by atoms with E-state index in [0.29, 0.717) is 0 Å². The van der Waals surface area contributed by atoms with Crippen molar-refractivity contribution in [1.82, 2.24) is 5.32 Å². The first kappa shape index (κ1) is 10.1. The van der Waals surface area contributed by atoms with E-state index in [1.165, 1.54) is 14.2 Å². The van der Waals surface area contributed by atoms with Gasteiger partial charge in [-0.05, 0) is 0 Å². The van der Waals surface area contributed by atoms with Gasteiger partial charge in [0.2, 0.25) is 11.7 Å². The first-order valence-corrected chi connectivity index (χ1v) is 3.75. The van der Waals surface area contributed by atoms with Crippen LogP contribution < -0.4 is 11.1 Å². The van der Waals surface area contributed by atoms with Crippen LogP contribution in [0, 0.1) is 0 Å². The Bertz CT molecular complexity index is 343. The van der Waals surface area contributed by atoms with E-state index in [1.807, 2.05) is 0 Å². The van der Waals surface area contributed by atoms with Gasteiger partial charge in [0.25, 0.3) is 5.91 Å². The van der Waals surface area contributed by atoms with Crippen LogP contribution in [-0.2, 0) is 19.1 Å². The number of hydrogen-bond donors (Lipinski definition) is 2. The van der Waals surface area contributed by atoms with Gasteiger partial charge in [-0.15, -0.1) is 0 Å². The Balaban J connectivity index is 3.10. The minimum absolute atomic E-state index is 0.0278. The zero-order valence-corrected chi connectivity index (χ0v) is 7.79. The van der Waals surface area contributed by atoms with Crippen molar-refractivity contribution in [2.24, 2.45) is 5.73 Å². The lowest BCUT2D eigenvalue weighted by Gasteiger charge is -2.02. The number of nitrogens with one attached hydrogen (secondary N) is 1. The summed E-state index contributed by atoms with van der Waals surface area (Å²) in [5, 5.41) is 2.38. The van der Waals surface area contributed by atoms with Crippen LogP contribution >= 0.6 is 0 Å². The summed E-state index contributed by atoms with van der Waals surface area (Å²) < 4.78 is 9.68. The average molecular weight is 198 g/mol. The number of carbonyl (C=O) groups is 2. The SMILES string of the molecule is COC1=C(OC)/C(=C/C(N)=O)NC1=O. The number of carbonyl (C=O) groups excluding carboxylic acids is 2. The lowest BCUT2D eigenvalue weighted by atomic mass is 10.3. The second-order valence-corrected chi connectivity index (χ2v) is 2.48. The van der Waals surface area contributed by atoms with Crippen molar-refractivity contribution in [3.05, 3.63) is 23.3 Å². The fraction of sp³-hybridized carbons (Fsp3) is 0.250. The van der Waals surface area contributed by atoms with E-state index in [0.717, 1.165) is 6.08 Å². The minimum atomic E-state index is -0.674. The minimum Gasteiger partial charge on any atom is -0.491 e. The van der Waals surface area contributed by atoms with Crippen LogP contribution in [0.5, 0.6) is 0 Å². The fourth-order valence-electron chi connectivity index (χ4n) is 1.09. The maximum Gasteiger partial charge on any atom is 0.294 e. The molecular formula is C8H10N2O4. The van der Waals surface area contributed by atoms with Crippen LogP contribution in [0.3, 0.4) is 0 Å². The molecule has 0 saturated carbocycles. The van der Waals surface area contributed by atoms with Crippen molar-refractivity contribution < 1.29 is 19.1 Å². The predicted octanol–water partition coefficient (Wildman–Crippen LogP) is -1.01. The Kier molecular flexibility index (Phi) is 2.76. The molecule has 0 fully saturated rings. The number of primary amides is 1. The predicted molar refractivity (Wildman–Crippen MR) is 46.5 cm³/mol. The summed E-state index contributed by atoms with van der Waals surface area (Å²) in [5.41, 5.74) is 5.15. The fourth-order valence-corrected chi connectivity index (χ4v) is 1.09. The molecule has 0 radical (unpaired) electrons. The number of rotatable bonds is 3. The van der Waals surface area contributed by atoms with Crippen molar-refractivity contribution in [1.29, 1.82) is 0 Å². The van der Waals surface area contributed by atoms with E-state index in [1.54, 1.807) is 0 Å². The third kappa shape index (κ3) is 1.68. The molecule has 1 aliphatic rings. The van der Waals surface area contributed by atoms with Crippen molar-refractivity contribution in [3.8, 4) is 0 Å². The second-order valence-electron chi connectivity index (χ2n) is 2.48. The highest BCUT2D eigenvalue weighted by Gasteiger charge is 2.29. The summed E-state index contributed by atoms with van der Waals surface area (Å²) in [4.78, 5) is 21.8. The molecule has 1 rings (SSSR count). The van der Waals surface area contributed by atoms with Gasteiger partial charge < -0.3 is 20.5 Å². The second kappa shape index (κ2) is 3.82. The van der Waals surface area contributed by atoms with Crippen molar-refractivity contribution in [2.45, 2.75) is 0 Å². The van der Waals surface area contributed by atoms with Crippen LogP contribution in [0.15, 0.2) is 23.3 Å². The maximum atomic E-state index is 11.2. The molecule has 0 unspecified atom stereocenters. The van der Waals surface area contributed by atoms with Gasteiger partial charge in [0, 0.05) is 6.08 Å². The highest BCUT2D eigenvalue weighted by atomic mass is 16.5. The zero-order chi connectivity index (χ0) is 10.7. The molecule has 6 heteroatoms. The lowest BCUT2D eigenvalue weighted by molar-refractivity contribution is -0.119. The molecule has 0 aromatic carbocycles. The smallest absolute Gasteiger partial charge is 0.294 e. The van der Waals surface area contributed by atoms with Crippen LogP contribution in [0.1, 0.15) is 0 Å². The average Bonchev–Trinajstić information content (AvgIpc) is 2.39. The Morgan fingerprint density at radius 1 is 1.36 bits per heavy atom. The molecule has 1 heterocycles. The highest BCUT2D eigenvalue weighted by molar-refractivity contribution is 6.00. The first-order chi connectivity index (χ1) is 6.60. The summed E-state index contributed by atoms with van der Waals surface area (Å²) in [6.07, 6.45) is 1.06. The van der Waals surface area contributed by atoms with Crippen molar-refractivity contribution in [3.63, 3.8) is 0 Å². The Hall–Kier alpha value is -1.98. The molecule has 0 aromatic rings. The maximum absolute atomic E-state index is 11.2. The van der Waals surface area contributed by atoms with Gasteiger partial charge in [0.1, 0.15) is 0 Å². The normalized spacial score (nSPS) is 18.4. The molecule has 0 bridgehead atoms.